The Morgan fingerprint density at radius 3 is 2.00 bits per heavy atom. The SMILES string of the molecule is CCCC(C)CC(C(=O)O)C(=O)O. The van der Waals surface area contributed by atoms with Gasteiger partial charge in [0.05, 0.1) is 0 Å². The molecule has 0 aromatic rings. The van der Waals surface area contributed by atoms with Crippen molar-refractivity contribution in [3.8, 4) is 0 Å². The zero-order valence-corrected chi connectivity index (χ0v) is 7.99. The van der Waals surface area contributed by atoms with Gasteiger partial charge in [-0.05, 0) is 12.3 Å². The maximum atomic E-state index is 10.5. The van der Waals surface area contributed by atoms with Crippen LogP contribution in [0.5, 0.6) is 0 Å². The van der Waals surface area contributed by atoms with Crippen molar-refractivity contribution in [2.45, 2.75) is 33.1 Å². The fraction of sp³-hybridized carbons (Fsp3) is 0.778. The van der Waals surface area contributed by atoms with E-state index < -0.39 is 17.9 Å². The molecule has 0 aliphatic rings. The Hall–Kier alpha value is -1.06. The monoisotopic (exact) mass is 188 g/mol. The van der Waals surface area contributed by atoms with Gasteiger partial charge in [0.15, 0.2) is 5.92 Å². The molecule has 0 bridgehead atoms. The Bertz CT molecular complexity index is 174. The number of carboxylic acids is 2. The van der Waals surface area contributed by atoms with Gasteiger partial charge in [-0.2, -0.15) is 0 Å². The highest BCUT2D eigenvalue weighted by Gasteiger charge is 2.27. The van der Waals surface area contributed by atoms with Crippen molar-refractivity contribution in [3.63, 3.8) is 0 Å². The minimum absolute atomic E-state index is 0.155. The van der Waals surface area contributed by atoms with Crippen molar-refractivity contribution in [3.05, 3.63) is 0 Å². The first-order valence-corrected chi connectivity index (χ1v) is 4.44. The zero-order chi connectivity index (χ0) is 10.4. The molecule has 0 fully saturated rings. The first-order chi connectivity index (χ1) is 5.99. The summed E-state index contributed by atoms with van der Waals surface area (Å²) in [5.41, 5.74) is 0. The van der Waals surface area contributed by atoms with E-state index >= 15 is 0 Å². The van der Waals surface area contributed by atoms with Gasteiger partial charge in [0, 0.05) is 0 Å². The summed E-state index contributed by atoms with van der Waals surface area (Å²) in [5, 5.41) is 17.2. The van der Waals surface area contributed by atoms with Crippen LogP contribution in [0.1, 0.15) is 33.1 Å². The summed E-state index contributed by atoms with van der Waals surface area (Å²) < 4.78 is 0. The maximum Gasteiger partial charge on any atom is 0.317 e. The summed E-state index contributed by atoms with van der Waals surface area (Å²) in [4.78, 5) is 21.0. The normalized spacial score (nSPS) is 12.8. The number of aliphatic carboxylic acids is 2. The highest BCUT2D eigenvalue weighted by Crippen LogP contribution is 2.17. The summed E-state index contributed by atoms with van der Waals surface area (Å²) in [6.45, 7) is 3.87. The van der Waals surface area contributed by atoms with Crippen LogP contribution in [0.3, 0.4) is 0 Å². The highest BCUT2D eigenvalue weighted by atomic mass is 16.4. The summed E-state index contributed by atoms with van der Waals surface area (Å²) in [6, 6.07) is 0. The number of hydrogen-bond donors (Lipinski definition) is 2. The molecule has 0 spiro atoms. The van der Waals surface area contributed by atoms with Crippen molar-refractivity contribution in [1.29, 1.82) is 0 Å². The molecule has 4 heteroatoms. The predicted molar refractivity (Wildman–Crippen MR) is 47.5 cm³/mol. The maximum absolute atomic E-state index is 10.5. The molecule has 0 saturated heterocycles. The topological polar surface area (TPSA) is 74.6 Å². The third-order valence-corrected chi connectivity index (χ3v) is 2.02. The molecule has 1 atom stereocenters. The third-order valence-electron chi connectivity index (χ3n) is 2.02. The zero-order valence-electron chi connectivity index (χ0n) is 7.99. The molecule has 0 saturated carbocycles. The lowest BCUT2D eigenvalue weighted by atomic mass is 9.93. The van der Waals surface area contributed by atoms with E-state index in [1.165, 1.54) is 0 Å². The van der Waals surface area contributed by atoms with Crippen molar-refractivity contribution in [2.75, 3.05) is 0 Å². The Kier molecular flexibility index (Phi) is 5.11. The fourth-order valence-corrected chi connectivity index (χ4v) is 1.32. The van der Waals surface area contributed by atoms with Crippen LogP contribution in [0.15, 0.2) is 0 Å². The molecule has 76 valence electrons. The van der Waals surface area contributed by atoms with Gasteiger partial charge in [0.1, 0.15) is 0 Å². The lowest BCUT2D eigenvalue weighted by molar-refractivity contribution is -0.155. The molecular weight excluding hydrogens is 172 g/mol. The molecule has 0 aromatic carbocycles. The molecule has 0 heterocycles. The number of rotatable bonds is 6. The van der Waals surface area contributed by atoms with Crippen LogP contribution >= 0.6 is 0 Å². The predicted octanol–water partition coefficient (Wildman–Crippen LogP) is 1.60. The van der Waals surface area contributed by atoms with Crippen molar-refractivity contribution >= 4 is 11.9 Å². The Balaban J connectivity index is 4.10. The summed E-state index contributed by atoms with van der Waals surface area (Å²) in [5.74, 6) is -3.57. The van der Waals surface area contributed by atoms with Gasteiger partial charge in [0.25, 0.3) is 0 Å². The second-order valence-electron chi connectivity index (χ2n) is 3.36. The van der Waals surface area contributed by atoms with E-state index in [0.29, 0.717) is 0 Å². The second kappa shape index (κ2) is 5.56. The smallest absolute Gasteiger partial charge is 0.317 e. The van der Waals surface area contributed by atoms with E-state index in [9.17, 15) is 9.59 Å². The fourth-order valence-electron chi connectivity index (χ4n) is 1.32. The molecule has 0 rings (SSSR count). The molecule has 2 N–H and O–H groups in total. The van der Waals surface area contributed by atoms with Gasteiger partial charge in [-0.1, -0.05) is 26.7 Å². The first kappa shape index (κ1) is 11.9. The largest absolute Gasteiger partial charge is 0.481 e. The molecule has 0 aliphatic heterocycles. The van der Waals surface area contributed by atoms with Crippen LogP contribution in [-0.4, -0.2) is 22.2 Å². The van der Waals surface area contributed by atoms with E-state index in [4.69, 9.17) is 10.2 Å². The van der Waals surface area contributed by atoms with Crippen LogP contribution in [0.25, 0.3) is 0 Å². The first-order valence-electron chi connectivity index (χ1n) is 4.44. The Morgan fingerprint density at radius 1 is 1.23 bits per heavy atom. The van der Waals surface area contributed by atoms with Gasteiger partial charge >= 0.3 is 11.9 Å². The quantitative estimate of drug-likeness (QED) is 0.621. The van der Waals surface area contributed by atoms with Crippen LogP contribution < -0.4 is 0 Å². The van der Waals surface area contributed by atoms with Crippen molar-refractivity contribution in [2.24, 2.45) is 11.8 Å². The van der Waals surface area contributed by atoms with Gasteiger partial charge in [-0.25, -0.2) is 0 Å². The van der Waals surface area contributed by atoms with E-state index in [2.05, 4.69) is 0 Å². The van der Waals surface area contributed by atoms with E-state index in [-0.39, 0.29) is 12.3 Å². The van der Waals surface area contributed by atoms with Gasteiger partial charge < -0.3 is 10.2 Å². The van der Waals surface area contributed by atoms with Crippen molar-refractivity contribution < 1.29 is 19.8 Å². The lowest BCUT2D eigenvalue weighted by Crippen LogP contribution is -2.25. The van der Waals surface area contributed by atoms with E-state index in [1.54, 1.807) is 0 Å². The lowest BCUT2D eigenvalue weighted by Gasteiger charge is -2.12. The molecule has 1 unspecified atom stereocenters. The minimum Gasteiger partial charge on any atom is -0.481 e. The van der Waals surface area contributed by atoms with Gasteiger partial charge in [-0.15, -0.1) is 0 Å². The summed E-state index contributed by atoms with van der Waals surface area (Å²) in [7, 11) is 0. The Morgan fingerprint density at radius 2 is 1.69 bits per heavy atom. The number of carbonyl (C=O) groups is 2. The molecule has 4 nitrogen and oxygen atoms in total. The second-order valence-corrected chi connectivity index (χ2v) is 3.36. The molecule has 13 heavy (non-hydrogen) atoms. The van der Waals surface area contributed by atoms with Crippen molar-refractivity contribution in [1.82, 2.24) is 0 Å². The minimum atomic E-state index is -1.25. The molecule has 0 aromatic heterocycles. The molecule has 0 amide bonds. The van der Waals surface area contributed by atoms with Crippen LogP contribution in [0.2, 0.25) is 0 Å². The van der Waals surface area contributed by atoms with Crippen LogP contribution in [0, 0.1) is 11.8 Å². The summed E-state index contributed by atoms with van der Waals surface area (Å²) >= 11 is 0. The van der Waals surface area contributed by atoms with E-state index in [1.807, 2.05) is 13.8 Å². The number of carboxylic acid groups (broad SMARTS) is 2. The Labute approximate surface area is 77.6 Å². The molecular formula is C9H16O4. The molecule has 0 aliphatic carbocycles. The van der Waals surface area contributed by atoms with Crippen LogP contribution in [-0.2, 0) is 9.59 Å². The summed E-state index contributed by atoms with van der Waals surface area (Å²) in [6.07, 6.45) is 2.04. The number of hydrogen-bond acceptors (Lipinski definition) is 2. The molecule has 0 radical (unpaired) electrons. The van der Waals surface area contributed by atoms with E-state index in [0.717, 1.165) is 12.8 Å². The van der Waals surface area contributed by atoms with Gasteiger partial charge in [-0.3, -0.25) is 9.59 Å². The standard InChI is InChI=1S/C9H16O4/c1-3-4-6(2)5-7(8(10)11)9(12)13/h6-7H,3-5H2,1-2H3,(H,10,11)(H,12,13). The third kappa shape index (κ3) is 4.50. The van der Waals surface area contributed by atoms with Gasteiger partial charge in [0.2, 0.25) is 0 Å². The van der Waals surface area contributed by atoms with Crippen LogP contribution in [0.4, 0.5) is 0 Å². The average molecular weight is 188 g/mol. The average Bonchev–Trinajstić information content (AvgIpc) is 1.99. The highest BCUT2D eigenvalue weighted by molar-refractivity contribution is 5.92.